The zero-order chi connectivity index (χ0) is 13.4. The number of hydrogen-bond acceptors (Lipinski definition) is 2. The van der Waals surface area contributed by atoms with Crippen molar-refractivity contribution in [1.82, 2.24) is 5.32 Å². The van der Waals surface area contributed by atoms with Crippen LogP contribution in [0.25, 0.3) is 0 Å². The van der Waals surface area contributed by atoms with E-state index in [2.05, 4.69) is 47.2 Å². The van der Waals surface area contributed by atoms with Crippen molar-refractivity contribution in [2.45, 2.75) is 33.1 Å². The number of halogens is 1. The van der Waals surface area contributed by atoms with Crippen LogP contribution in [0.15, 0.2) is 16.6 Å². The van der Waals surface area contributed by atoms with E-state index in [9.17, 15) is 0 Å². The van der Waals surface area contributed by atoms with Gasteiger partial charge in [-0.3, -0.25) is 0 Å². The molecule has 1 aromatic carbocycles. The Labute approximate surface area is 119 Å². The van der Waals surface area contributed by atoms with Crippen LogP contribution in [-0.4, -0.2) is 26.8 Å². The molecule has 0 saturated carbocycles. The standard InChI is InChI=1S/C15H24BrNO/c1-12-11-15(16)13(2)10-14(12)6-4-5-7-17-8-9-18-3/h10-11,17H,4-9H2,1-3H3. The Morgan fingerprint density at radius 1 is 1.11 bits per heavy atom. The molecule has 2 nitrogen and oxygen atoms in total. The lowest BCUT2D eigenvalue weighted by Gasteiger charge is -2.09. The van der Waals surface area contributed by atoms with Gasteiger partial charge in [-0.2, -0.15) is 0 Å². The van der Waals surface area contributed by atoms with E-state index in [1.807, 2.05) is 0 Å². The summed E-state index contributed by atoms with van der Waals surface area (Å²) >= 11 is 3.58. The molecule has 0 unspecified atom stereocenters. The highest BCUT2D eigenvalue weighted by molar-refractivity contribution is 9.10. The van der Waals surface area contributed by atoms with Gasteiger partial charge in [0, 0.05) is 18.1 Å². The van der Waals surface area contributed by atoms with E-state index in [1.54, 1.807) is 7.11 Å². The lowest BCUT2D eigenvalue weighted by Crippen LogP contribution is -2.20. The largest absolute Gasteiger partial charge is 0.383 e. The summed E-state index contributed by atoms with van der Waals surface area (Å²) in [7, 11) is 1.74. The Morgan fingerprint density at radius 2 is 1.89 bits per heavy atom. The number of benzene rings is 1. The average molecular weight is 314 g/mol. The normalized spacial score (nSPS) is 10.9. The predicted octanol–water partition coefficient (Wildman–Crippen LogP) is 3.62. The Balaban J connectivity index is 2.25. The van der Waals surface area contributed by atoms with Gasteiger partial charge in [-0.05, 0) is 62.4 Å². The van der Waals surface area contributed by atoms with Gasteiger partial charge in [-0.1, -0.05) is 22.0 Å². The summed E-state index contributed by atoms with van der Waals surface area (Å²) in [5.41, 5.74) is 4.20. The molecule has 1 N–H and O–H groups in total. The van der Waals surface area contributed by atoms with Gasteiger partial charge in [-0.25, -0.2) is 0 Å². The number of hydrogen-bond donors (Lipinski definition) is 1. The first-order valence-corrected chi connectivity index (χ1v) is 7.39. The van der Waals surface area contributed by atoms with Gasteiger partial charge in [0.05, 0.1) is 6.61 Å². The van der Waals surface area contributed by atoms with Gasteiger partial charge in [0.1, 0.15) is 0 Å². The van der Waals surface area contributed by atoms with Crippen molar-refractivity contribution < 1.29 is 4.74 Å². The highest BCUT2D eigenvalue weighted by atomic mass is 79.9. The first-order valence-electron chi connectivity index (χ1n) is 6.60. The maximum Gasteiger partial charge on any atom is 0.0587 e. The third-order valence-electron chi connectivity index (χ3n) is 3.15. The number of aryl methyl sites for hydroxylation is 3. The predicted molar refractivity (Wildman–Crippen MR) is 81.3 cm³/mol. The second kappa shape index (κ2) is 8.68. The molecule has 0 fully saturated rings. The SMILES string of the molecule is COCCNCCCCc1cc(C)c(Br)cc1C. The molecule has 0 radical (unpaired) electrons. The number of rotatable bonds is 8. The Kier molecular flexibility index (Phi) is 7.56. The first-order chi connectivity index (χ1) is 8.65. The van der Waals surface area contributed by atoms with Crippen LogP contribution >= 0.6 is 15.9 Å². The van der Waals surface area contributed by atoms with Crippen LogP contribution < -0.4 is 5.32 Å². The Bertz CT molecular complexity index is 366. The highest BCUT2D eigenvalue weighted by Crippen LogP contribution is 2.22. The van der Waals surface area contributed by atoms with Crippen LogP contribution in [0.4, 0.5) is 0 Å². The maximum absolute atomic E-state index is 4.99. The molecule has 1 aromatic rings. The summed E-state index contributed by atoms with van der Waals surface area (Å²) in [6.45, 7) is 7.17. The molecule has 0 aliphatic carbocycles. The molecular weight excluding hydrogens is 290 g/mol. The van der Waals surface area contributed by atoms with E-state index in [0.717, 1.165) is 19.7 Å². The van der Waals surface area contributed by atoms with Crippen molar-refractivity contribution in [3.8, 4) is 0 Å². The molecule has 0 aromatic heterocycles. The molecular formula is C15H24BrNO. The van der Waals surface area contributed by atoms with Crippen molar-refractivity contribution >= 4 is 15.9 Å². The van der Waals surface area contributed by atoms with Gasteiger partial charge in [0.15, 0.2) is 0 Å². The third kappa shape index (κ3) is 5.51. The third-order valence-corrected chi connectivity index (χ3v) is 4.00. The van der Waals surface area contributed by atoms with Gasteiger partial charge < -0.3 is 10.1 Å². The minimum atomic E-state index is 0.797. The first kappa shape index (κ1) is 15.7. The second-order valence-electron chi connectivity index (χ2n) is 4.73. The zero-order valence-electron chi connectivity index (χ0n) is 11.7. The molecule has 0 bridgehead atoms. The smallest absolute Gasteiger partial charge is 0.0587 e. The lowest BCUT2D eigenvalue weighted by atomic mass is 10.0. The van der Waals surface area contributed by atoms with Crippen LogP contribution in [0.1, 0.15) is 29.5 Å². The van der Waals surface area contributed by atoms with Gasteiger partial charge in [-0.15, -0.1) is 0 Å². The van der Waals surface area contributed by atoms with Crippen molar-refractivity contribution in [2.24, 2.45) is 0 Å². The summed E-state index contributed by atoms with van der Waals surface area (Å²) in [4.78, 5) is 0. The van der Waals surface area contributed by atoms with Crippen LogP contribution in [-0.2, 0) is 11.2 Å². The average Bonchev–Trinajstić information content (AvgIpc) is 2.34. The molecule has 0 aliphatic rings. The quantitative estimate of drug-likeness (QED) is 0.740. The molecule has 102 valence electrons. The summed E-state index contributed by atoms with van der Waals surface area (Å²) in [5.74, 6) is 0. The van der Waals surface area contributed by atoms with Crippen molar-refractivity contribution in [1.29, 1.82) is 0 Å². The van der Waals surface area contributed by atoms with Crippen LogP contribution in [0.3, 0.4) is 0 Å². The van der Waals surface area contributed by atoms with E-state index < -0.39 is 0 Å². The number of ether oxygens (including phenoxy) is 1. The minimum Gasteiger partial charge on any atom is -0.383 e. The molecule has 0 spiro atoms. The Morgan fingerprint density at radius 3 is 2.61 bits per heavy atom. The van der Waals surface area contributed by atoms with Gasteiger partial charge in [0.25, 0.3) is 0 Å². The molecule has 0 amide bonds. The number of methoxy groups -OCH3 is 1. The highest BCUT2D eigenvalue weighted by Gasteiger charge is 2.02. The van der Waals surface area contributed by atoms with Crippen molar-refractivity contribution in [3.05, 3.63) is 33.3 Å². The second-order valence-corrected chi connectivity index (χ2v) is 5.58. The van der Waals surface area contributed by atoms with Crippen LogP contribution in [0.5, 0.6) is 0 Å². The van der Waals surface area contributed by atoms with E-state index in [0.29, 0.717) is 0 Å². The molecule has 3 heteroatoms. The summed E-state index contributed by atoms with van der Waals surface area (Å²) in [6, 6.07) is 4.53. The van der Waals surface area contributed by atoms with Crippen molar-refractivity contribution in [3.63, 3.8) is 0 Å². The van der Waals surface area contributed by atoms with E-state index in [4.69, 9.17) is 4.74 Å². The molecule has 0 heterocycles. The molecule has 0 atom stereocenters. The fraction of sp³-hybridized carbons (Fsp3) is 0.600. The zero-order valence-corrected chi connectivity index (χ0v) is 13.3. The maximum atomic E-state index is 4.99. The monoisotopic (exact) mass is 313 g/mol. The summed E-state index contributed by atoms with van der Waals surface area (Å²) in [5, 5.41) is 3.38. The fourth-order valence-corrected chi connectivity index (χ4v) is 2.43. The molecule has 18 heavy (non-hydrogen) atoms. The number of unbranched alkanes of at least 4 members (excludes halogenated alkanes) is 1. The summed E-state index contributed by atoms with van der Waals surface area (Å²) < 4.78 is 6.20. The van der Waals surface area contributed by atoms with E-state index in [1.165, 1.54) is 40.4 Å². The minimum absolute atomic E-state index is 0.797. The lowest BCUT2D eigenvalue weighted by molar-refractivity contribution is 0.199. The summed E-state index contributed by atoms with van der Waals surface area (Å²) in [6.07, 6.45) is 3.63. The van der Waals surface area contributed by atoms with Gasteiger partial charge >= 0.3 is 0 Å². The van der Waals surface area contributed by atoms with Crippen LogP contribution in [0, 0.1) is 13.8 Å². The molecule has 1 rings (SSSR count). The van der Waals surface area contributed by atoms with Gasteiger partial charge in [0.2, 0.25) is 0 Å². The Hall–Kier alpha value is -0.380. The van der Waals surface area contributed by atoms with E-state index >= 15 is 0 Å². The number of nitrogens with one attached hydrogen (secondary N) is 1. The fourth-order valence-electron chi connectivity index (χ4n) is 1.97. The molecule has 0 aliphatic heterocycles. The van der Waals surface area contributed by atoms with Crippen LogP contribution in [0.2, 0.25) is 0 Å². The topological polar surface area (TPSA) is 21.3 Å². The molecule has 0 saturated heterocycles. The van der Waals surface area contributed by atoms with Crippen molar-refractivity contribution in [2.75, 3.05) is 26.8 Å². The van der Waals surface area contributed by atoms with E-state index in [-0.39, 0.29) is 0 Å².